The summed E-state index contributed by atoms with van der Waals surface area (Å²) in [6, 6.07) is 16.3. The van der Waals surface area contributed by atoms with Crippen LogP contribution in [-0.2, 0) is 21.2 Å². The molecule has 0 saturated carbocycles. The van der Waals surface area contributed by atoms with Gasteiger partial charge in [-0.1, -0.05) is 0 Å². The van der Waals surface area contributed by atoms with E-state index in [0.717, 1.165) is 5.56 Å². The van der Waals surface area contributed by atoms with Crippen molar-refractivity contribution >= 4 is 35.3 Å². The zero-order valence-electron chi connectivity index (χ0n) is 12.4. The van der Waals surface area contributed by atoms with Gasteiger partial charge in [0.15, 0.2) is 0 Å². The van der Waals surface area contributed by atoms with E-state index in [1.165, 1.54) is 16.6 Å². The molecule has 1 amide bonds. The summed E-state index contributed by atoms with van der Waals surface area (Å²) in [6.07, 6.45) is 0.648. The van der Waals surface area contributed by atoms with Crippen molar-refractivity contribution in [3.63, 3.8) is 0 Å². The molecule has 0 atom stereocenters. The molecule has 0 unspecified atom stereocenters. The summed E-state index contributed by atoms with van der Waals surface area (Å²) in [7, 11) is -3.65. The second kappa shape index (κ2) is 8.26. The van der Waals surface area contributed by atoms with E-state index in [2.05, 4.69) is 5.32 Å². The predicted molar refractivity (Wildman–Crippen MR) is 91.2 cm³/mol. The van der Waals surface area contributed by atoms with Gasteiger partial charge in [0.1, 0.15) is 0 Å². The van der Waals surface area contributed by atoms with Crippen LogP contribution in [0.1, 0.15) is 5.56 Å². The summed E-state index contributed by atoms with van der Waals surface area (Å²) in [6.45, 7) is 0.526. The van der Waals surface area contributed by atoms with Crippen molar-refractivity contribution in [2.75, 3.05) is 6.54 Å². The topological polar surface area (TPSA) is 89.3 Å². The van der Waals surface area contributed by atoms with E-state index in [0.29, 0.717) is 18.3 Å². The number of sulfonamides is 1. The summed E-state index contributed by atoms with van der Waals surface area (Å²) in [5.74, 6) is 0.0370. The van der Waals surface area contributed by atoms with Gasteiger partial charge in [-0.05, 0) is 0 Å². The average Bonchev–Trinajstić information content (AvgIpc) is 2.53. The van der Waals surface area contributed by atoms with Crippen LogP contribution in [0.15, 0.2) is 59.5 Å². The maximum absolute atomic E-state index is 11.8. The Bertz CT molecular complexity index is 747. The van der Waals surface area contributed by atoms with Crippen LogP contribution in [0, 0.1) is 0 Å². The number of benzene rings is 2. The summed E-state index contributed by atoms with van der Waals surface area (Å²) < 4.78 is 23.5. The molecule has 5 nitrogen and oxygen atoms in total. The van der Waals surface area contributed by atoms with Gasteiger partial charge in [-0.15, -0.1) is 0 Å². The van der Waals surface area contributed by atoms with Crippen molar-refractivity contribution in [1.29, 1.82) is 0 Å². The molecule has 2 aromatic rings. The van der Waals surface area contributed by atoms with E-state index >= 15 is 0 Å². The number of hydrogen-bond donors (Lipinski definition) is 2. The summed E-state index contributed by atoms with van der Waals surface area (Å²) in [5.41, 5.74) is 0.950. The van der Waals surface area contributed by atoms with E-state index in [4.69, 9.17) is 5.14 Å². The number of nitrogens with one attached hydrogen (secondary N) is 1. The summed E-state index contributed by atoms with van der Waals surface area (Å²) in [5, 5.41) is 8.44. The van der Waals surface area contributed by atoms with Crippen molar-refractivity contribution < 1.29 is 13.2 Å². The first-order valence-electron chi connectivity index (χ1n) is 7.01. The third-order valence-electron chi connectivity index (χ3n) is 3.10. The Kier molecular flexibility index (Phi) is 6.36. The molecule has 0 bridgehead atoms. The first-order chi connectivity index (χ1) is 10.9. The molecular formula is C16H18N2O3SSe. The Morgan fingerprint density at radius 2 is 1.70 bits per heavy atom. The number of hydrogen-bond acceptors (Lipinski definition) is 3. The Hall–Kier alpha value is -1.66. The molecule has 0 aromatic heterocycles. The SMILES string of the molecule is NS(=O)(=O)c1ccc(CCNC(=O)C[Se]c2ccccc2)cc1. The van der Waals surface area contributed by atoms with E-state index < -0.39 is 10.0 Å². The van der Waals surface area contributed by atoms with Gasteiger partial charge < -0.3 is 0 Å². The zero-order valence-corrected chi connectivity index (χ0v) is 15.0. The van der Waals surface area contributed by atoms with E-state index in [1.54, 1.807) is 12.1 Å². The van der Waals surface area contributed by atoms with Crippen LogP contribution < -0.4 is 14.9 Å². The fourth-order valence-electron chi connectivity index (χ4n) is 1.91. The van der Waals surface area contributed by atoms with Crippen LogP contribution in [-0.4, -0.2) is 35.8 Å². The molecule has 23 heavy (non-hydrogen) atoms. The van der Waals surface area contributed by atoms with Gasteiger partial charge in [-0.25, -0.2) is 0 Å². The number of carbonyl (C=O) groups excluding carboxylic acids is 1. The van der Waals surface area contributed by atoms with Crippen LogP contribution in [0.3, 0.4) is 0 Å². The minimum absolute atomic E-state index is 0.0370. The number of carbonyl (C=O) groups is 1. The molecule has 0 saturated heterocycles. The van der Waals surface area contributed by atoms with Crippen LogP contribution in [0.5, 0.6) is 0 Å². The Morgan fingerprint density at radius 3 is 2.30 bits per heavy atom. The van der Waals surface area contributed by atoms with Crippen LogP contribution in [0.4, 0.5) is 0 Å². The quantitative estimate of drug-likeness (QED) is 0.665. The van der Waals surface area contributed by atoms with Crippen molar-refractivity contribution in [2.45, 2.75) is 16.6 Å². The monoisotopic (exact) mass is 398 g/mol. The second-order valence-electron chi connectivity index (χ2n) is 4.89. The molecule has 0 heterocycles. The molecule has 0 spiro atoms. The number of primary sulfonamides is 1. The molecule has 0 aliphatic rings. The standard InChI is InChI=1S/C16H18N2O3SSe/c17-22(20,21)14-8-6-13(7-9-14)10-11-18-16(19)12-23-15-4-2-1-3-5-15/h1-9H,10-12H2,(H,18,19)(H2,17,20,21). The first kappa shape index (κ1) is 17.7. The number of amides is 1. The first-order valence-corrected chi connectivity index (χ1v) is 10.6. The Labute approximate surface area is 142 Å². The van der Waals surface area contributed by atoms with Gasteiger partial charge in [0.2, 0.25) is 0 Å². The van der Waals surface area contributed by atoms with Gasteiger partial charge in [0.05, 0.1) is 0 Å². The van der Waals surface area contributed by atoms with E-state index in [1.807, 2.05) is 30.3 Å². The second-order valence-corrected chi connectivity index (χ2v) is 8.65. The Morgan fingerprint density at radius 1 is 1.04 bits per heavy atom. The Balaban J connectivity index is 1.73. The molecular weight excluding hydrogens is 379 g/mol. The minimum atomic E-state index is -3.65. The van der Waals surface area contributed by atoms with Crippen LogP contribution in [0.25, 0.3) is 0 Å². The van der Waals surface area contributed by atoms with Gasteiger partial charge in [-0.2, -0.15) is 0 Å². The van der Waals surface area contributed by atoms with Crippen molar-refractivity contribution in [3.05, 3.63) is 60.2 Å². The van der Waals surface area contributed by atoms with Crippen molar-refractivity contribution in [3.8, 4) is 0 Å². The van der Waals surface area contributed by atoms with Crippen LogP contribution in [0.2, 0.25) is 5.32 Å². The molecule has 3 N–H and O–H groups in total. The van der Waals surface area contributed by atoms with Gasteiger partial charge in [0.25, 0.3) is 0 Å². The summed E-state index contributed by atoms with van der Waals surface area (Å²) >= 11 is 0.141. The average molecular weight is 397 g/mol. The molecule has 2 rings (SSSR count). The molecule has 0 aliphatic heterocycles. The van der Waals surface area contributed by atoms with Gasteiger partial charge in [0, 0.05) is 0 Å². The van der Waals surface area contributed by atoms with Gasteiger partial charge in [-0.3, -0.25) is 0 Å². The molecule has 7 heteroatoms. The molecule has 2 aromatic carbocycles. The normalized spacial score (nSPS) is 11.2. The third-order valence-corrected chi connectivity index (χ3v) is 6.15. The fraction of sp³-hybridized carbons (Fsp3) is 0.188. The van der Waals surface area contributed by atoms with Gasteiger partial charge >= 0.3 is 142 Å². The fourth-order valence-corrected chi connectivity index (χ4v) is 4.00. The number of rotatable bonds is 7. The molecule has 0 aliphatic carbocycles. The van der Waals surface area contributed by atoms with E-state index in [9.17, 15) is 13.2 Å². The molecule has 122 valence electrons. The number of nitrogens with two attached hydrogens (primary N) is 1. The van der Waals surface area contributed by atoms with E-state index in [-0.39, 0.29) is 25.8 Å². The van der Waals surface area contributed by atoms with Crippen molar-refractivity contribution in [2.24, 2.45) is 5.14 Å². The predicted octanol–water partition coefficient (Wildman–Crippen LogP) is 0.441. The third kappa shape index (κ3) is 6.15. The molecule has 0 radical (unpaired) electrons. The summed E-state index contributed by atoms with van der Waals surface area (Å²) in [4.78, 5) is 11.9. The van der Waals surface area contributed by atoms with Crippen molar-refractivity contribution in [1.82, 2.24) is 5.32 Å². The zero-order chi connectivity index (χ0) is 16.7. The molecule has 0 fully saturated rings. The van der Waals surface area contributed by atoms with Crippen LogP contribution >= 0.6 is 0 Å². The maximum atomic E-state index is 11.8.